The lowest BCUT2D eigenvalue weighted by molar-refractivity contribution is 0.185. The first-order chi connectivity index (χ1) is 5.43. The molecule has 0 aromatic rings. The zero-order valence-electron chi connectivity index (χ0n) is 8.39. The molecular weight excluding hydrogens is 135 g/mol. The Morgan fingerprint density at radius 2 is 1.91 bits per heavy atom. The van der Waals surface area contributed by atoms with Crippen molar-refractivity contribution in [3.05, 3.63) is 0 Å². The molecule has 1 saturated heterocycles. The Morgan fingerprint density at radius 3 is 2.09 bits per heavy atom. The van der Waals surface area contributed by atoms with Gasteiger partial charge < -0.3 is 4.74 Å². The van der Waals surface area contributed by atoms with E-state index in [2.05, 4.69) is 14.8 Å². The lowest BCUT2D eigenvalue weighted by atomic mass is 10.1. The Kier molecular flexibility index (Phi) is 15.7. The van der Waals surface area contributed by atoms with Gasteiger partial charge in [0.1, 0.15) is 0 Å². The van der Waals surface area contributed by atoms with E-state index in [4.69, 9.17) is 4.74 Å². The monoisotopic (exact) mass is 156 g/mol. The first-order valence-electron chi connectivity index (χ1n) is 4.59. The van der Waals surface area contributed by atoms with Crippen molar-refractivity contribution in [3.63, 3.8) is 0 Å². The van der Waals surface area contributed by atoms with Crippen molar-refractivity contribution < 1.29 is 4.74 Å². The second-order valence-electron chi connectivity index (χ2n) is 2.14. The molecule has 0 N–H and O–H groups in total. The molecule has 11 heavy (non-hydrogen) atoms. The van der Waals surface area contributed by atoms with Gasteiger partial charge in [-0.1, -0.05) is 34.0 Å². The van der Waals surface area contributed by atoms with E-state index in [1.165, 1.54) is 19.7 Å². The highest BCUT2D eigenvalue weighted by molar-refractivity contribution is 6.05. The zero-order valence-corrected chi connectivity index (χ0v) is 8.39. The molecule has 2 radical (unpaired) electrons. The number of rotatable bonds is 1. The molecule has 0 saturated carbocycles. The molecule has 0 amide bonds. The smallest absolute Gasteiger partial charge is 0.0606 e. The Labute approximate surface area is 72.9 Å². The Balaban J connectivity index is 0. The third kappa shape index (κ3) is 7.93. The van der Waals surface area contributed by atoms with Gasteiger partial charge in [0.05, 0.1) is 7.85 Å². The molecular formula is C9H21BO. The summed E-state index contributed by atoms with van der Waals surface area (Å²) in [6, 6.07) is 0. The van der Waals surface area contributed by atoms with Crippen LogP contribution >= 0.6 is 0 Å². The van der Waals surface area contributed by atoms with Gasteiger partial charge in [0.25, 0.3) is 0 Å². The summed E-state index contributed by atoms with van der Waals surface area (Å²) in [4.78, 5) is 0. The van der Waals surface area contributed by atoms with E-state index >= 15 is 0 Å². The third-order valence-corrected chi connectivity index (χ3v) is 1.60. The summed E-state index contributed by atoms with van der Waals surface area (Å²) in [6.07, 6.45) is 2.58. The van der Waals surface area contributed by atoms with Crippen molar-refractivity contribution in [3.8, 4) is 0 Å². The van der Waals surface area contributed by atoms with Crippen molar-refractivity contribution in [2.24, 2.45) is 5.92 Å². The van der Waals surface area contributed by atoms with Crippen molar-refractivity contribution in [1.82, 2.24) is 0 Å². The van der Waals surface area contributed by atoms with Gasteiger partial charge in [-0.25, -0.2) is 0 Å². The lowest BCUT2D eigenvalue weighted by Crippen LogP contribution is -1.94. The van der Waals surface area contributed by atoms with Crippen LogP contribution in [-0.4, -0.2) is 21.1 Å². The molecule has 1 fully saturated rings. The summed E-state index contributed by atoms with van der Waals surface area (Å²) in [7, 11) is 4.50. The van der Waals surface area contributed by atoms with E-state index in [9.17, 15) is 0 Å². The maximum atomic E-state index is 5.15. The average Bonchev–Trinajstić information content (AvgIpc) is 2.63. The van der Waals surface area contributed by atoms with Crippen LogP contribution in [0.2, 0.25) is 6.82 Å². The Bertz CT molecular complexity index is 51.5. The van der Waals surface area contributed by atoms with Crippen molar-refractivity contribution in [2.75, 3.05) is 13.2 Å². The predicted octanol–water partition coefficient (Wildman–Crippen LogP) is 2.66. The summed E-state index contributed by atoms with van der Waals surface area (Å²) in [5.74, 6) is 0.875. The Morgan fingerprint density at radius 1 is 1.36 bits per heavy atom. The fourth-order valence-corrected chi connectivity index (χ4v) is 0.905. The quantitative estimate of drug-likeness (QED) is 0.530. The van der Waals surface area contributed by atoms with E-state index in [-0.39, 0.29) is 0 Å². The molecule has 0 aliphatic carbocycles. The van der Waals surface area contributed by atoms with Crippen LogP contribution in [0, 0.1) is 5.92 Å². The molecule has 2 heteroatoms. The summed E-state index contributed by atoms with van der Waals surface area (Å²) >= 11 is 0. The summed E-state index contributed by atoms with van der Waals surface area (Å²) < 4.78 is 5.15. The van der Waals surface area contributed by atoms with E-state index in [1.54, 1.807) is 0 Å². The standard InChI is InChI=1S/C6H12O.C2H6.CH3B/c1-2-6-3-4-7-5-6;2*1-2/h6H,2-5H2,1H3;1-2H3;1H3. The van der Waals surface area contributed by atoms with E-state index in [1.807, 2.05) is 13.8 Å². The second-order valence-corrected chi connectivity index (χ2v) is 2.14. The van der Waals surface area contributed by atoms with Gasteiger partial charge >= 0.3 is 0 Å². The highest BCUT2D eigenvalue weighted by atomic mass is 16.5. The Hall–Kier alpha value is 0.0249. The third-order valence-electron chi connectivity index (χ3n) is 1.60. The molecule has 1 aliphatic rings. The molecule has 1 aliphatic heterocycles. The van der Waals surface area contributed by atoms with Crippen molar-refractivity contribution >= 4 is 7.85 Å². The predicted molar refractivity (Wildman–Crippen MR) is 52.2 cm³/mol. The minimum absolute atomic E-state index is 0.875. The summed E-state index contributed by atoms with van der Waals surface area (Å²) in [6.45, 7) is 9.73. The van der Waals surface area contributed by atoms with Gasteiger partial charge in [0.15, 0.2) is 0 Å². The molecule has 1 rings (SSSR count). The number of ether oxygens (including phenoxy) is 1. The topological polar surface area (TPSA) is 9.23 Å². The number of hydrogen-bond acceptors (Lipinski definition) is 1. The highest BCUT2D eigenvalue weighted by Crippen LogP contribution is 2.14. The lowest BCUT2D eigenvalue weighted by Gasteiger charge is -1.97. The minimum Gasteiger partial charge on any atom is -0.381 e. The van der Waals surface area contributed by atoms with Gasteiger partial charge in [0.2, 0.25) is 0 Å². The van der Waals surface area contributed by atoms with Gasteiger partial charge in [-0.3, -0.25) is 0 Å². The highest BCUT2D eigenvalue weighted by Gasteiger charge is 2.11. The summed E-state index contributed by atoms with van der Waals surface area (Å²) in [5, 5.41) is 0. The summed E-state index contributed by atoms with van der Waals surface area (Å²) in [5.41, 5.74) is 0. The normalized spacial score (nSPS) is 20.9. The van der Waals surface area contributed by atoms with Crippen LogP contribution < -0.4 is 0 Å². The molecule has 0 spiro atoms. The van der Waals surface area contributed by atoms with Gasteiger partial charge in [-0.2, -0.15) is 0 Å². The van der Waals surface area contributed by atoms with Crippen LogP contribution in [-0.2, 0) is 4.74 Å². The van der Waals surface area contributed by atoms with Crippen molar-refractivity contribution in [1.29, 1.82) is 0 Å². The SMILES string of the molecule is CC.CCC1CCOC1.[B]C. The molecule has 1 unspecified atom stereocenters. The molecule has 0 bridgehead atoms. The fraction of sp³-hybridized carbons (Fsp3) is 1.00. The molecule has 1 nitrogen and oxygen atoms in total. The van der Waals surface area contributed by atoms with Crippen LogP contribution in [0.4, 0.5) is 0 Å². The molecule has 66 valence electrons. The first-order valence-corrected chi connectivity index (χ1v) is 4.59. The van der Waals surface area contributed by atoms with Gasteiger partial charge in [0, 0.05) is 13.2 Å². The van der Waals surface area contributed by atoms with E-state index < -0.39 is 0 Å². The molecule has 1 atom stereocenters. The maximum Gasteiger partial charge on any atom is 0.0606 e. The van der Waals surface area contributed by atoms with Crippen LogP contribution in [0.3, 0.4) is 0 Å². The average molecular weight is 156 g/mol. The maximum absolute atomic E-state index is 5.15. The van der Waals surface area contributed by atoms with Crippen molar-refractivity contribution in [2.45, 2.75) is 40.4 Å². The van der Waals surface area contributed by atoms with E-state index in [0.29, 0.717) is 0 Å². The van der Waals surface area contributed by atoms with Crippen LogP contribution in [0.15, 0.2) is 0 Å². The van der Waals surface area contributed by atoms with Crippen LogP contribution in [0.25, 0.3) is 0 Å². The molecule has 1 heterocycles. The zero-order chi connectivity index (χ0) is 9.11. The molecule has 0 aromatic carbocycles. The first kappa shape index (κ1) is 13.6. The van der Waals surface area contributed by atoms with Crippen LogP contribution in [0.1, 0.15) is 33.6 Å². The van der Waals surface area contributed by atoms with E-state index in [0.717, 1.165) is 19.1 Å². The second kappa shape index (κ2) is 12.7. The van der Waals surface area contributed by atoms with Crippen LogP contribution in [0.5, 0.6) is 0 Å². The van der Waals surface area contributed by atoms with Gasteiger partial charge in [-0.05, 0) is 12.3 Å². The van der Waals surface area contributed by atoms with Gasteiger partial charge in [-0.15, -0.1) is 0 Å². The molecule has 0 aromatic heterocycles. The fourth-order valence-electron chi connectivity index (χ4n) is 0.905. The largest absolute Gasteiger partial charge is 0.381 e. The number of hydrogen-bond donors (Lipinski definition) is 0. The minimum atomic E-state index is 0.875.